The third-order valence-electron chi connectivity index (χ3n) is 5.28. The van der Waals surface area contributed by atoms with Gasteiger partial charge in [0.05, 0.1) is 5.69 Å². The van der Waals surface area contributed by atoms with E-state index in [0.717, 1.165) is 41.1 Å². The standard InChI is InChI=1S/C16H26N4/c1-11-8-18-15(12(2)16(11)17)10-20-7-6-13-4-5-14(9-20)19(13)3/h8,13-14H,4-7,9-10H2,1-3H3,(H2,17,18). The maximum absolute atomic E-state index is 6.13. The molecule has 0 saturated carbocycles. The number of likely N-dealkylation sites (N-methyl/N-ethyl adjacent to an activating group) is 1. The number of nitrogens with two attached hydrogens (primary N) is 1. The molecule has 0 spiro atoms. The van der Waals surface area contributed by atoms with Crippen LogP contribution < -0.4 is 5.73 Å². The third-order valence-corrected chi connectivity index (χ3v) is 5.28. The molecule has 2 unspecified atom stereocenters. The van der Waals surface area contributed by atoms with E-state index in [4.69, 9.17) is 5.73 Å². The van der Waals surface area contributed by atoms with Crippen LogP contribution in [0.3, 0.4) is 0 Å². The molecule has 2 bridgehead atoms. The van der Waals surface area contributed by atoms with E-state index in [9.17, 15) is 0 Å². The van der Waals surface area contributed by atoms with Crippen LogP contribution in [0.15, 0.2) is 6.20 Å². The molecular formula is C16H26N4. The molecule has 2 aliphatic heterocycles. The first kappa shape index (κ1) is 13.8. The Balaban J connectivity index is 1.74. The van der Waals surface area contributed by atoms with E-state index in [1.54, 1.807) is 0 Å². The lowest BCUT2D eigenvalue weighted by molar-refractivity contribution is 0.213. The van der Waals surface area contributed by atoms with Crippen molar-refractivity contribution < 1.29 is 0 Å². The number of hydrogen-bond donors (Lipinski definition) is 1. The second kappa shape index (κ2) is 5.34. The summed E-state index contributed by atoms with van der Waals surface area (Å²) in [4.78, 5) is 9.76. The second-order valence-corrected chi connectivity index (χ2v) is 6.50. The van der Waals surface area contributed by atoms with Crippen molar-refractivity contribution in [3.8, 4) is 0 Å². The van der Waals surface area contributed by atoms with E-state index in [0.29, 0.717) is 0 Å². The largest absolute Gasteiger partial charge is 0.398 e. The summed E-state index contributed by atoms with van der Waals surface area (Å²) in [5.41, 5.74) is 10.4. The Kier molecular flexibility index (Phi) is 3.69. The molecule has 20 heavy (non-hydrogen) atoms. The van der Waals surface area contributed by atoms with Crippen molar-refractivity contribution in [2.24, 2.45) is 0 Å². The maximum atomic E-state index is 6.13. The molecule has 1 aromatic rings. The Labute approximate surface area is 122 Å². The summed E-state index contributed by atoms with van der Waals surface area (Å²) in [6, 6.07) is 1.52. The minimum atomic E-state index is 0.727. The van der Waals surface area contributed by atoms with E-state index in [1.165, 1.54) is 32.4 Å². The summed E-state index contributed by atoms with van der Waals surface area (Å²) in [6.07, 6.45) is 5.92. The predicted molar refractivity (Wildman–Crippen MR) is 82.6 cm³/mol. The van der Waals surface area contributed by atoms with Crippen LogP contribution in [0.25, 0.3) is 0 Å². The molecule has 2 saturated heterocycles. The fraction of sp³-hybridized carbons (Fsp3) is 0.688. The SMILES string of the molecule is Cc1cnc(CN2CCC3CCC(C2)N3C)c(C)c1N. The number of anilines is 1. The van der Waals surface area contributed by atoms with E-state index < -0.39 is 0 Å². The van der Waals surface area contributed by atoms with Crippen LogP contribution in [0.4, 0.5) is 5.69 Å². The molecule has 2 fully saturated rings. The van der Waals surface area contributed by atoms with Gasteiger partial charge in [-0.15, -0.1) is 0 Å². The van der Waals surface area contributed by atoms with E-state index in [1.807, 2.05) is 13.1 Å². The molecular weight excluding hydrogens is 248 g/mol. The van der Waals surface area contributed by atoms with Gasteiger partial charge in [-0.2, -0.15) is 0 Å². The number of aromatic nitrogens is 1. The number of nitrogen functional groups attached to an aromatic ring is 1. The quantitative estimate of drug-likeness (QED) is 0.895. The van der Waals surface area contributed by atoms with Gasteiger partial charge in [0.25, 0.3) is 0 Å². The van der Waals surface area contributed by atoms with Crippen molar-refractivity contribution in [3.05, 3.63) is 23.0 Å². The van der Waals surface area contributed by atoms with Gasteiger partial charge in [-0.1, -0.05) is 0 Å². The van der Waals surface area contributed by atoms with Gasteiger partial charge in [-0.05, 0) is 51.3 Å². The number of aryl methyl sites for hydroxylation is 1. The number of rotatable bonds is 2. The van der Waals surface area contributed by atoms with Gasteiger partial charge in [0.1, 0.15) is 0 Å². The molecule has 0 aromatic carbocycles. The van der Waals surface area contributed by atoms with Gasteiger partial charge in [-0.25, -0.2) is 0 Å². The second-order valence-electron chi connectivity index (χ2n) is 6.50. The van der Waals surface area contributed by atoms with Crippen molar-refractivity contribution in [1.82, 2.24) is 14.8 Å². The van der Waals surface area contributed by atoms with E-state index >= 15 is 0 Å². The number of fused-ring (bicyclic) bond motifs is 2. The van der Waals surface area contributed by atoms with Gasteiger partial charge in [0, 0.05) is 43.6 Å². The lowest BCUT2D eigenvalue weighted by atomic mass is 10.1. The maximum Gasteiger partial charge on any atom is 0.0593 e. The molecule has 3 heterocycles. The number of hydrogen-bond acceptors (Lipinski definition) is 4. The highest BCUT2D eigenvalue weighted by Gasteiger charge is 2.34. The minimum absolute atomic E-state index is 0.727. The van der Waals surface area contributed by atoms with Gasteiger partial charge in [0.15, 0.2) is 0 Å². The summed E-state index contributed by atoms with van der Waals surface area (Å²) in [7, 11) is 2.29. The normalized spacial score (nSPS) is 27.8. The van der Waals surface area contributed by atoms with Crippen molar-refractivity contribution >= 4 is 5.69 Å². The van der Waals surface area contributed by atoms with Crippen LogP contribution in [0.1, 0.15) is 36.1 Å². The molecule has 110 valence electrons. The third kappa shape index (κ3) is 2.42. The van der Waals surface area contributed by atoms with Crippen LogP contribution in [0, 0.1) is 13.8 Å². The first-order valence-electron chi connectivity index (χ1n) is 7.71. The Morgan fingerprint density at radius 2 is 2.00 bits per heavy atom. The summed E-state index contributed by atoms with van der Waals surface area (Å²) in [5.74, 6) is 0. The molecule has 4 heteroatoms. The molecule has 4 nitrogen and oxygen atoms in total. The van der Waals surface area contributed by atoms with Crippen molar-refractivity contribution in [3.63, 3.8) is 0 Å². The topological polar surface area (TPSA) is 45.4 Å². The average molecular weight is 274 g/mol. The smallest absolute Gasteiger partial charge is 0.0593 e. The summed E-state index contributed by atoms with van der Waals surface area (Å²) in [6.45, 7) is 7.41. The molecule has 2 aliphatic rings. The predicted octanol–water partition coefficient (Wildman–Crippen LogP) is 1.95. The van der Waals surface area contributed by atoms with Gasteiger partial charge in [0.2, 0.25) is 0 Å². The fourth-order valence-corrected chi connectivity index (χ4v) is 3.69. The van der Waals surface area contributed by atoms with Crippen LogP contribution >= 0.6 is 0 Å². The first-order valence-corrected chi connectivity index (χ1v) is 7.71. The average Bonchev–Trinajstić information content (AvgIpc) is 2.67. The number of pyridine rings is 1. The fourth-order valence-electron chi connectivity index (χ4n) is 3.69. The van der Waals surface area contributed by atoms with Crippen LogP contribution in [0.2, 0.25) is 0 Å². The van der Waals surface area contributed by atoms with E-state index in [-0.39, 0.29) is 0 Å². The summed E-state index contributed by atoms with van der Waals surface area (Å²) in [5, 5.41) is 0. The highest BCUT2D eigenvalue weighted by Crippen LogP contribution is 2.29. The van der Waals surface area contributed by atoms with Crippen molar-refractivity contribution in [2.75, 3.05) is 25.9 Å². The Morgan fingerprint density at radius 1 is 1.25 bits per heavy atom. The summed E-state index contributed by atoms with van der Waals surface area (Å²) >= 11 is 0. The van der Waals surface area contributed by atoms with Gasteiger partial charge < -0.3 is 5.73 Å². The zero-order valence-electron chi connectivity index (χ0n) is 12.9. The van der Waals surface area contributed by atoms with Crippen LogP contribution in [-0.2, 0) is 6.54 Å². The lowest BCUT2D eigenvalue weighted by Crippen LogP contribution is -2.36. The molecule has 2 atom stereocenters. The summed E-state index contributed by atoms with van der Waals surface area (Å²) < 4.78 is 0. The molecule has 0 radical (unpaired) electrons. The van der Waals surface area contributed by atoms with Gasteiger partial charge >= 0.3 is 0 Å². The number of nitrogens with zero attached hydrogens (tertiary/aromatic N) is 3. The van der Waals surface area contributed by atoms with E-state index in [2.05, 4.69) is 28.8 Å². The monoisotopic (exact) mass is 274 g/mol. The van der Waals surface area contributed by atoms with Crippen LogP contribution in [-0.4, -0.2) is 47.0 Å². The number of likely N-dealkylation sites (tertiary alicyclic amines) is 1. The molecule has 1 aromatic heterocycles. The lowest BCUT2D eigenvalue weighted by Gasteiger charge is -2.26. The Bertz CT molecular complexity index is 499. The molecule has 2 N–H and O–H groups in total. The highest BCUT2D eigenvalue weighted by atomic mass is 15.3. The molecule has 3 rings (SSSR count). The van der Waals surface area contributed by atoms with Crippen LogP contribution in [0.5, 0.6) is 0 Å². The molecule has 0 amide bonds. The Hall–Kier alpha value is -1.13. The molecule has 0 aliphatic carbocycles. The van der Waals surface area contributed by atoms with Gasteiger partial charge in [-0.3, -0.25) is 14.8 Å². The van der Waals surface area contributed by atoms with Crippen molar-refractivity contribution in [1.29, 1.82) is 0 Å². The Morgan fingerprint density at radius 3 is 2.80 bits per heavy atom. The minimum Gasteiger partial charge on any atom is -0.398 e. The zero-order valence-corrected chi connectivity index (χ0v) is 12.9. The highest BCUT2D eigenvalue weighted by molar-refractivity contribution is 5.53. The first-order chi connectivity index (χ1) is 9.56. The van der Waals surface area contributed by atoms with Crippen molar-refractivity contribution in [2.45, 2.75) is 51.7 Å². The zero-order chi connectivity index (χ0) is 14.3.